The number of hydrogen-bond acceptors (Lipinski definition) is 7. The maximum atomic E-state index is 5.67. The molecule has 0 bridgehead atoms. The lowest BCUT2D eigenvalue weighted by molar-refractivity contribution is 0.0985. The summed E-state index contributed by atoms with van der Waals surface area (Å²) in [4.78, 5) is 20.0. The molecule has 0 saturated carbocycles. The number of anilines is 1. The van der Waals surface area contributed by atoms with Crippen LogP contribution in [0.2, 0.25) is 0 Å². The second-order valence-electron chi connectivity index (χ2n) is 8.41. The van der Waals surface area contributed by atoms with E-state index in [0.717, 1.165) is 51.6 Å². The molecule has 1 aliphatic rings. The van der Waals surface area contributed by atoms with E-state index >= 15 is 0 Å². The number of nitrogens with one attached hydrogen (secondary N) is 1. The number of H-pyrrole nitrogens is 1. The van der Waals surface area contributed by atoms with Crippen molar-refractivity contribution in [2.24, 2.45) is 0 Å². The van der Waals surface area contributed by atoms with Gasteiger partial charge in [-0.25, -0.2) is 15.0 Å². The Bertz CT molecular complexity index is 1280. The molecule has 1 saturated heterocycles. The van der Waals surface area contributed by atoms with Crippen molar-refractivity contribution in [2.45, 2.75) is 40.8 Å². The third-order valence-electron chi connectivity index (χ3n) is 6.22. The summed E-state index contributed by atoms with van der Waals surface area (Å²) in [6.07, 6.45) is 3.69. The van der Waals surface area contributed by atoms with Gasteiger partial charge in [-0.3, -0.25) is 4.68 Å². The molecular weight excluding hydrogens is 430 g/mol. The Kier molecular flexibility index (Phi) is 6.95. The Morgan fingerprint density at radius 2 is 2.09 bits per heavy atom. The first kappa shape index (κ1) is 23.8. The summed E-state index contributed by atoms with van der Waals surface area (Å²) < 4.78 is 12.9. The highest BCUT2D eigenvalue weighted by Gasteiger charge is 2.24. The Morgan fingerprint density at radius 3 is 2.88 bits per heavy atom. The number of morpholine rings is 1. The molecule has 1 fully saturated rings. The van der Waals surface area contributed by atoms with Gasteiger partial charge < -0.3 is 19.4 Å². The number of methoxy groups -OCH3 is 1. The fourth-order valence-corrected chi connectivity index (χ4v) is 4.52. The lowest BCUT2D eigenvalue weighted by Gasteiger charge is -2.34. The van der Waals surface area contributed by atoms with Crippen LogP contribution < -0.4 is 4.90 Å². The van der Waals surface area contributed by atoms with Crippen LogP contribution >= 0.6 is 0 Å². The maximum Gasteiger partial charge on any atom is 0.162 e. The van der Waals surface area contributed by atoms with E-state index in [9.17, 15) is 0 Å². The SMILES string of the molecule is C.COCCn1nc(C)c(-c2cc(N3CCOC[C@H]3C)nc(-c3ccnc4[nH]ccc34)n2)c1C. The highest BCUT2D eigenvalue weighted by molar-refractivity contribution is 5.91. The van der Waals surface area contributed by atoms with Crippen molar-refractivity contribution in [3.05, 3.63) is 42.0 Å². The number of ether oxygens (including phenoxy) is 2. The topological polar surface area (TPSA) is 94.0 Å². The van der Waals surface area contributed by atoms with Gasteiger partial charge in [0.2, 0.25) is 0 Å². The predicted molar refractivity (Wildman–Crippen MR) is 134 cm³/mol. The van der Waals surface area contributed by atoms with Crippen molar-refractivity contribution in [3.8, 4) is 22.6 Å². The van der Waals surface area contributed by atoms with Gasteiger partial charge in [0, 0.05) is 54.3 Å². The van der Waals surface area contributed by atoms with Gasteiger partial charge in [0.05, 0.1) is 43.8 Å². The van der Waals surface area contributed by atoms with E-state index in [2.05, 4.69) is 34.8 Å². The van der Waals surface area contributed by atoms with Gasteiger partial charge in [-0.1, -0.05) is 7.43 Å². The molecule has 0 spiro atoms. The molecule has 5 heterocycles. The van der Waals surface area contributed by atoms with Gasteiger partial charge >= 0.3 is 0 Å². The summed E-state index contributed by atoms with van der Waals surface area (Å²) in [6, 6.07) is 6.30. The van der Waals surface area contributed by atoms with Crippen molar-refractivity contribution >= 4 is 16.9 Å². The van der Waals surface area contributed by atoms with Gasteiger partial charge in [0.25, 0.3) is 0 Å². The molecule has 0 unspecified atom stereocenters. The number of pyridine rings is 1. The Morgan fingerprint density at radius 1 is 1.24 bits per heavy atom. The molecule has 1 N–H and O–H groups in total. The zero-order valence-electron chi connectivity index (χ0n) is 19.5. The molecule has 34 heavy (non-hydrogen) atoms. The van der Waals surface area contributed by atoms with Crippen LogP contribution in [0.4, 0.5) is 5.82 Å². The van der Waals surface area contributed by atoms with Crippen LogP contribution in [-0.2, 0) is 16.0 Å². The third-order valence-corrected chi connectivity index (χ3v) is 6.22. The molecule has 0 radical (unpaired) electrons. The van der Waals surface area contributed by atoms with E-state index in [-0.39, 0.29) is 13.5 Å². The molecule has 9 heteroatoms. The molecular formula is C25H33N7O2. The van der Waals surface area contributed by atoms with E-state index in [4.69, 9.17) is 24.5 Å². The molecule has 0 amide bonds. The summed E-state index contributed by atoms with van der Waals surface area (Å²) in [5.74, 6) is 1.58. The maximum absolute atomic E-state index is 5.67. The second-order valence-corrected chi connectivity index (χ2v) is 8.41. The fourth-order valence-electron chi connectivity index (χ4n) is 4.52. The van der Waals surface area contributed by atoms with Crippen LogP contribution in [-0.4, -0.2) is 69.2 Å². The molecule has 9 nitrogen and oxygen atoms in total. The average molecular weight is 464 g/mol. The summed E-state index contributed by atoms with van der Waals surface area (Å²) in [5, 5.41) is 5.75. The number of aromatic nitrogens is 6. The van der Waals surface area contributed by atoms with Gasteiger partial charge in [0.1, 0.15) is 11.5 Å². The standard InChI is InChI=1S/C24H29N7O2.CH4/c1-15-14-33-12-9-30(15)21-13-20(22-16(2)29-31(17(22)3)10-11-32-4)27-24(28-21)19-6-8-26-23-18(19)5-7-25-23;/h5-8,13,15H,9-12,14H2,1-4H3,(H,25,26);1H4/t15-;/m1./s1. The summed E-state index contributed by atoms with van der Waals surface area (Å²) >= 11 is 0. The van der Waals surface area contributed by atoms with Crippen LogP contribution in [0.1, 0.15) is 25.7 Å². The first-order chi connectivity index (χ1) is 16.1. The van der Waals surface area contributed by atoms with Crippen molar-refractivity contribution in [3.63, 3.8) is 0 Å². The van der Waals surface area contributed by atoms with Crippen molar-refractivity contribution in [2.75, 3.05) is 38.4 Å². The van der Waals surface area contributed by atoms with Crippen LogP contribution in [0.5, 0.6) is 0 Å². The number of aromatic amines is 1. The van der Waals surface area contributed by atoms with E-state index < -0.39 is 0 Å². The highest BCUT2D eigenvalue weighted by Crippen LogP contribution is 2.33. The van der Waals surface area contributed by atoms with Gasteiger partial charge in [0.15, 0.2) is 5.82 Å². The Labute approximate surface area is 200 Å². The first-order valence-corrected chi connectivity index (χ1v) is 11.3. The number of fused-ring (bicyclic) bond motifs is 1. The van der Waals surface area contributed by atoms with Crippen molar-refractivity contribution in [1.82, 2.24) is 29.7 Å². The summed E-state index contributed by atoms with van der Waals surface area (Å²) in [5.41, 5.74) is 5.69. The molecule has 5 rings (SSSR count). The molecule has 1 atom stereocenters. The minimum absolute atomic E-state index is 0. The van der Waals surface area contributed by atoms with Gasteiger partial charge in [-0.15, -0.1) is 0 Å². The van der Waals surface area contributed by atoms with Gasteiger partial charge in [-0.05, 0) is 32.9 Å². The van der Waals surface area contributed by atoms with E-state index in [1.807, 2.05) is 29.9 Å². The van der Waals surface area contributed by atoms with E-state index in [1.165, 1.54) is 0 Å². The van der Waals surface area contributed by atoms with Crippen LogP contribution in [0.15, 0.2) is 30.6 Å². The van der Waals surface area contributed by atoms with E-state index in [1.54, 1.807) is 13.3 Å². The van der Waals surface area contributed by atoms with Gasteiger partial charge in [-0.2, -0.15) is 5.10 Å². The normalized spacial score (nSPS) is 16.1. The molecule has 4 aromatic rings. The zero-order chi connectivity index (χ0) is 22.9. The molecule has 1 aliphatic heterocycles. The van der Waals surface area contributed by atoms with Crippen LogP contribution in [0.25, 0.3) is 33.7 Å². The number of rotatable bonds is 6. The molecule has 0 aromatic carbocycles. The Balaban J connectivity index is 0.00000274. The number of nitrogens with zero attached hydrogens (tertiary/aromatic N) is 6. The zero-order valence-corrected chi connectivity index (χ0v) is 19.5. The van der Waals surface area contributed by atoms with E-state index in [0.29, 0.717) is 32.2 Å². The largest absolute Gasteiger partial charge is 0.383 e. The summed E-state index contributed by atoms with van der Waals surface area (Å²) in [6.45, 7) is 9.73. The lowest BCUT2D eigenvalue weighted by atomic mass is 10.1. The fraction of sp³-hybridized carbons (Fsp3) is 0.440. The first-order valence-electron chi connectivity index (χ1n) is 11.3. The second kappa shape index (κ2) is 9.90. The van der Waals surface area contributed by atoms with Crippen molar-refractivity contribution < 1.29 is 9.47 Å². The third kappa shape index (κ3) is 4.28. The molecule has 4 aromatic heterocycles. The quantitative estimate of drug-likeness (QED) is 0.462. The smallest absolute Gasteiger partial charge is 0.162 e. The Hall–Kier alpha value is -3.30. The predicted octanol–water partition coefficient (Wildman–Crippen LogP) is 4.01. The van der Waals surface area contributed by atoms with Crippen LogP contribution in [0, 0.1) is 13.8 Å². The number of aryl methyl sites for hydroxylation is 1. The minimum Gasteiger partial charge on any atom is -0.383 e. The average Bonchev–Trinajstić information content (AvgIpc) is 3.41. The monoisotopic (exact) mass is 463 g/mol. The lowest BCUT2D eigenvalue weighted by Crippen LogP contribution is -2.44. The summed E-state index contributed by atoms with van der Waals surface area (Å²) in [7, 11) is 1.70. The van der Waals surface area contributed by atoms with Crippen LogP contribution in [0.3, 0.4) is 0 Å². The highest BCUT2D eigenvalue weighted by atomic mass is 16.5. The van der Waals surface area contributed by atoms with Crippen molar-refractivity contribution in [1.29, 1.82) is 0 Å². The minimum atomic E-state index is 0. The molecule has 0 aliphatic carbocycles. The number of hydrogen-bond donors (Lipinski definition) is 1. The molecule has 180 valence electrons.